The largest absolute Gasteiger partial charge is 0.325 e. The standard InChI is InChI=1S/C14H16Cl2N2/c1-8-4-10(7-14(2,3)17)18-13-11(8)5-9(15)6-12(13)16/h4-6H,7,17H2,1-3H3. The van der Waals surface area contributed by atoms with Crippen LogP contribution in [-0.4, -0.2) is 10.5 Å². The third kappa shape index (κ3) is 2.94. The fourth-order valence-electron chi connectivity index (χ4n) is 2.04. The van der Waals surface area contributed by atoms with Crippen LogP contribution in [0.15, 0.2) is 18.2 Å². The third-order valence-corrected chi connectivity index (χ3v) is 3.23. The number of benzene rings is 1. The molecule has 0 bridgehead atoms. The van der Waals surface area contributed by atoms with E-state index >= 15 is 0 Å². The molecule has 0 radical (unpaired) electrons. The van der Waals surface area contributed by atoms with Crippen LogP contribution in [0.3, 0.4) is 0 Å². The average molecular weight is 283 g/mol. The Labute approximate surface area is 117 Å². The van der Waals surface area contributed by atoms with E-state index in [1.165, 1.54) is 0 Å². The number of rotatable bonds is 2. The van der Waals surface area contributed by atoms with Gasteiger partial charge in [-0.15, -0.1) is 0 Å². The summed E-state index contributed by atoms with van der Waals surface area (Å²) in [5.41, 5.74) is 8.61. The van der Waals surface area contributed by atoms with E-state index in [4.69, 9.17) is 28.9 Å². The van der Waals surface area contributed by atoms with Gasteiger partial charge in [0.15, 0.2) is 0 Å². The molecule has 96 valence electrons. The van der Waals surface area contributed by atoms with Gasteiger partial charge in [-0.25, -0.2) is 0 Å². The van der Waals surface area contributed by atoms with Gasteiger partial charge in [0.25, 0.3) is 0 Å². The van der Waals surface area contributed by atoms with Gasteiger partial charge in [-0.3, -0.25) is 4.98 Å². The predicted molar refractivity (Wildman–Crippen MR) is 78.5 cm³/mol. The van der Waals surface area contributed by atoms with Crippen molar-refractivity contribution in [2.75, 3.05) is 0 Å². The van der Waals surface area contributed by atoms with Gasteiger partial charge in [-0.05, 0) is 44.5 Å². The minimum Gasteiger partial charge on any atom is -0.325 e. The van der Waals surface area contributed by atoms with E-state index in [2.05, 4.69) is 4.98 Å². The molecule has 0 aliphatic rings. The topological polar surface area (TPSA) is 38.9 Å². The number of aryl methyl sites for hydroxylation is 1. The molecule has 2 rings (SSSR count). The molecule has 0 spiro atoms. The summed E-state index contributed by atoms with van der Waals surface area (Å²) in [7, 11) is 0. The molecular formula is C14H16Cl2N2. The molecule has 0 aliphatic heterocycles. The first kappa shape index (κ1) is 13.6. The van der Waals surface area contributed by atoms with Crippen LogP contribution in [0.4, 0.5) is 0 Å². The normalized spacial score (nSPS) is 12.1. The minimum absolute atomic E-state index is 0.286. The first-order valence-corrected chi connectivity index (χ1v) is 6.56. The Bertz CT molecular complexity index is 601. The Morgan fingerprint density at radius 3 is 2.50 bits per heavy atom. The van der Waals surface area contributed by atoms with Crippen LogP contribution in [0.5, 0.6) is 0 Å². The molecule has 0 saturated carbocycles. The Hall–Kier alpha value is -0.830. The maximum atomic E-state index is 6.20. The quantitative estimate of drug-likeness (QED) is 0.900. The molecule has 0 unspecified atom stereocenters. The third-order valence-electron chi connectivity index (χ3n) is 2.73. The van der Waals surface area contributed by atoms with E-state index in [0.717, 1.165) is 22.2 Å². The van der Waals surface area contributed by atoms with Gasteiger partial charge in [-0.1, -0.05) is 23.2 Å². The molecule has 2 nitrogen and oxygen atoms in total. The lowest BCUT2D eigenvalue weighted by molar-refractivity contribution is 0.511. The molecule has 1 heterocycles. The number of fused-ring (bicyclic) bond motifs is 1. The number of hydrogen-bond acceptors (Lipinski definition) is 2. The van der Waals surface area contributed by atoms with Crippen molar-refractivity contribution in [2.24, 2.45) is 5.73 Å². The van der Waals surface area contributed by atoms with Crippen LogP contribution in [0.2, 0.25) is 10.0 Å². The Balaban J connectivity index is 2.62. The molecule has 0 fully saturated rings. The van der Waals surface area contributed by atoms with Crippen LogP contribution >= 0.6 is 23.2 Å². The SMILES string of the molecule is Cc1cc(CC(C)(C)N)nc2c(Cl)cc(Cl)cc12. The summed E-state index contributed by atoms with van der Waals surface area (Å²) in [6.07, 6.45) is 0.711. The van der Waals surface area contributed by atoms with Crippen LogP contribution in [-0.2, 0) is 6.42 Å². The van der Waals surface area contributed by atoms with Gasteiger partial charge in [0.2, 0.25) is 0 Å². The molecule has 0 aliphatic carbocycles. The average Bonchev–Trinajstić information content (AvgIpc) is 2.17. The molecular weight excluding hydrogens is 267 g/mol. The second-order valence-corrected chi connectivity index (χ2v) is 6.22. The van der Waals surface area contributed by atoms with Crippen LogP contribution in [0, 0.1) is 6.92 Å². The summed E-state index contributed by atoms with van der Waals surface area (Å²) < 4.78 is 0. The molecule has 0 atom stereocenters. The number of hydrogen-bond donors (Lipinski definition) is 1. The molecule has 4 heteroatoms. The van der Waals surface area contributed by atoms with Crippen molar-refractivity contribution in [3.8, 4) is 0 Å². The van der Waals surface area contributed by atoms with Gasteiger partial charge in [0, 0.05) is 28.1 Å². The fraction of sp³-hybridized carbons (Fsp3) is 0.357. The predicted octanol–water partition coefficient (Wildman–Crippen LogP) is 4.13. The van der Waals surface area contributed by atoms with E-state index in [9.17, 15) is 0 Å². The summed E-state index contributed by atoms with van der Waals surface area (Å²) in [6.45, 7) is 6.00. The molecule has 1 aromatic carbocycles. The first-order valence-electron chi connectivity index (χ1n) is 5.80. The number of halogens is 2. The molecule has 2 N–H and O–H groups in total. The van der Waals surface area contributed by atoms with E-state index in [-0.39, 0.29) is 5.54 Å². The number of aromatic nitrogens is 1. The van der Waals surface area contributed by atoms with Crippen molar-refractivity contribution in [2.45, 2.75) is 32.7 Å². The highest BCUT2D eigenvalue weighted by molar-refractivity contribution is 6.38. The fourth-order valence-corrected chi connectivity index (χ4v) is 2.58. The van der Waals surface area contributed by atoms with Crippen molar-refractivity contribution in [1.29, 1.82) is 0 Å². The summed E-state index contributed by atoms with van der Waals surface area (Å²) >= 11 is 12.2. The van der Waals surface area contributed by atoms with Crippen molar-refractivity contribution < 1.29 is 0 Å². The molecule has 1 aromatic heterocycles. The monoisotopic (exact) mass is 282 g/mol. The highest BCUT2D eigenvalue weighted by Gasteiger charge is 2.15. The molecule has 2 aromatic rings. The van der Waals surface area contributed by atoms with Crippen molar-refractivity contribution >= 4 is 34.1 Å². The van der Waals surface area contributed by atoms with E-state index in [1.54, 1.807) is 6.07 Å². The van der Waals surface area contributed by atoms with Gasteiger partial charge < -0.3 is 5.73 Å². The van der Waals surface area contributed by atoms with Crippen LogP contribution < -0.4 is 5.73 Å². The Morgan fingerprint density at radius 2 is 1.89 bits per heavy atom. The highest BCUT2D eigenvalue weighted by atomic mass is 35.5. The molecule has 0 saturated heterocycles. The van der Waals surface area contributed by atoms with Crippen LogP contribution in [0.25, 0.3) is 10.9 Å². The summed E-state index contributed by atoms with van der Waals surface area (Å²) in [4.78, 5) is 4.59. The smallest absolute Gasteiger partial charge is 0.0895 e. The lowest BCUT2D eigenvalue weighted by Crippen LogP contribution is -2.34. The Kier molecular flexibility index (Phi) is 3.54. The summed E-state index contributed by atoms with van der Waals surface area (Å²) in [5, 5.41) is 2.20. The van der Waals surface area contributed by atoms with E-state index < -0.39 is 0 Å². The van der Waals surface area contributed by atoms with E-state index in [0.29, 0.717) is 16.5 Å². The summed E-state index contributed by atoms with van der Waals surface area (Å²) in [5.74, 6) is 0. The van der Waals surface area contributed by atoms with Crippen molar-refractivity contribution in [1.82, 2.24) is 4.98 Å². The maximum absolute atomic E-state index is 6.20. The second-order valence-electron chi connectivity index (χ2n) is 5.38. The Morgan fingerprint density at radius 1 is 1.22 bits per heavy atom. The highest BCUT2D eigenvalue weighted by Crippen LogP contribution is 2.29. The zero-order valence-corrected chi connectivity index (χ0v) is 12.2. The van der Waals surface area contributed by atoms with Gasteiger partial charge in [-0.2, -0.15) is 0 Å². The lowest BCUT2D eigenvalue weighted by atomic mass is 9.98. The summed E-state index contributed by atoms with van der Waals surface area (Å²) in [6, 6.07) is 5.65. The lowest BCUT2D eigenvalue weighted by Gasteiger charge is -2.18. The first-order chi connectivity index (χ1) is 8.26. The number of pyridine rings is 1. The van der Waals surface area contributed by atoms with Gasteiger partial charge >= 0.3 is 0 Å². The maximum Gasteiger partial charge on any atom is 0.0895 e. The zero-order valence-electron chi connectivity index (χ0n) is 10.7. The number of nitrogens with zero attached hydrogens (tertiary/aromatic N) is 1. The molecule has 0 amide bonds. The van der Waals surface area contributed by atoms with Crippen molar-refractivity contribution in [3.63, 3.8) is 0 Å². The molecule has 18 heavy (non-hydrogen) atoms. The van der Waals surface area contributed by atoms with Crippen LogP contribution in [0.1, 0.15) is 25.1 Å². The minimum atomic E-state index is -0.286. The van der Waals surface area contributed by atoms with E-state index in [1.807, 2.05) is 32.9 Å². The van der Waals surface area contributed by atoms with Crippen molar-refractivity contribution in [3.05, 3.63) is 39.5 Å². The second kappa shape index (κ2) is 4.69. The zero-order chi connectivity index (χ0) is 13.5. The van der Waals surface area contributed by atoms with Gasteiger partial charge in [0.1, 0.15) is 0 Å². The number of nitrogens with two attached hydrogens (primary N) is 1. The van der Waals surface area contributed by atoms with Gasteiger partial charge in [0.05, 0.1) is 10.5 Å².